The van der Waals surface area contributed by atoms with Gasteiger partial charge in [-0.2, -0.15) is 0 Å². The Bertz CT molecular complexity index is 1010. The van der Waals surface area contributed by atoms with Crippen LogP contribution in [0.5, 0.6) is 5.75 Å². The fourth-order valence-corrected chi connectivity index (χ4v) is 3.67. The Balaban J connectivity index is 1.88. The summed E-state index contributed by atoms with van der Waals surface area (Å²) in [6.07, 6.45) is 0.987. The van der Waals surface area contributed by atoms with Gasteiger partial charge in [-0.05, 0) is 70.9 Å². The van der Waals surface area contributed by atoms with Gasteiger partial charge in [0.05, 0.1) is 24.8 Å². The molecular formula is C25H30N2O3. The van der Waals surface area contributed by atoms with Crippen LogP contribution < -0.4 is 10.1 Å². The lowest BCUT2D eigenvalue weighted by atomic mass is 9.85. The molecule has 0 radical (unpaired) electrons. The molecular weight excluding hydrogens is 376 g/mol. The topological polar surface area (TPSA) is 67.8 Å². The Morgan fingerprint density at radius 2 is 1.80 bits per heavy atom. The molecule has 1 aliphatic rings. The maximum absolute atomic E-state index is 13.1. The van der Waals surface area contributed by atoms with Crippen LogP contribution >= 0.6 is 0 Å². The van der Waals surface area contributed by atoms with E-state index in [0.29, 0.717) is 11.1 Å². The van der Waals surface area contributed by atoms with Crippen LogP contribution in [0.25, 0.3) is 0 Å². The number of hydrogen-bond donors (Lipinski definition) is 1. The van der Waals surface area contributed by atoms with Crippen LogP contribution in [-0.2, 0) is 6.42 Å². The van der Waals surface area contributed by atoms with E-state index in [0.717, 1.165) is 29.0 Å². The minimum absolute atomic E-state index is 0.0642. The fraction of sp³-hybridized carbons (Fsp3) is 0.400. The lowest BCUT2D eigenvalue weighted by Gasteiger charge is -2.29. The molecule has 0 bridgehead atoms. The van der Waals surface area contributed by atoms with Crippen LogP contribution in [0.15, 0.2) is 47.5 Å². The molecule has 0 unspecified atom stereocenters. The molecule has 2 aromatic rings. The predicted octanol–water partition coefficient (Wildman–Crippen LogP) is 4.62. The third-order valence-electron chi connectivity index (χ3n) is 4.95. The third-order valence-corrected chi connectivity index (χ3v) is 4.95. The number of ether oxygens (including phenoxy) is 1. The summed E-state index contributed by atoms with van der Waals surface area (Å²) in [6, 6.07) is 12.8. The van der Waals surface area contributed by atoms with Gasteiger partial charge in [-0.25, -0.2) is 0 Å². The van der Waals surface area contributed by atoms with Crippen molar-refractivity contribution in [2.75, 3.05) is 7.11 Å². The Kier molecular flexibility index (Phi) is 5.84. The zero-order chi connectivity index (χ0) is 22.1. The van der Waals surface area contributed by atoms with E-state index in [1.54, 1.807) is 31.4 Å². The van der Waals surface area contributed by atoms with Crippen molar-refractivity contribution in [2.24, 2.45) is 4.99 Å². The van der Waals surface area contributed by atoms with Gasteiger partial charge in [0.15, 0.2) is 5.78 Å². The number of methoxy groups -OCH3 is 1. The highest BCUT2D eigenvalue weighted by atomic mass is 16.5. The second-order valence-electron chi connectivity index (χ2n) is 9.46. The van der Waals surface area contributed by atoms with Gasteiger partial charge >= 0.3 is 0 Å². The van der Waals surface area contributed by atoms with Crippen LogP contribution in [0.1, 0.15) is 72.9 Å². The number of carbonyl (C=O) groups excluding carboxylic acids is 2. The molecule has 30 heavy (non-hydrogen) atoms. The Labute approximate surface area is 178 Å². The van der Waals surface area contributed by atoms with Crippen LogP contribution in [0, 0.1) is 0 Å². The van der Waals surface area contributed by atoms with Crippen molar-refractivity contribution in [3.8, 4) is 5.75 Å². The molecule has 0 fully saturated rings. The van der Waals surface area contributed by atoms with Crippen LogP contribution in [0.3, 0.4) is 0 Å². The van der Waals surface area contributed by atoms with Gasteiger partial charge in [0.1, 0.15) is 5.75 Å². The molecule has 158 valence electrons. The summed E-state index contributed by atoms with van der Waals surface area (Å²) >= 11 is 0. The van der Waals surface area contributed by atoms with Crippen molar-refractivity contribution in [1.29, 1.82) is 0 Å². The molecule has 0 saturated heterocycles. The maximum atomic E-state index is 13.1. The second kappa shape index (κ2) is 8.05. The number of amides is 1. The van der Waals surface area contributed by atoms with E-state index in [1.807, 2.05) is 39.0 Å². The second-order valence-corrected chi connectivity index (χ2v) is 9.46. The largest absolute Gasteiger partial charge is 0.497 e. The summed E-state index contributed by atoms with van der Waals surface area (Å²) in [5.74, 6) is 0.489. The van der Waals surface area contributed by atoms with Gasteiger partial charge in [0, 0.05) is 22.2 Å². The fourth-order valence-electron chi connectivity index (χ4n) is 3.67. The molecule has 0 aromatic heterocycles. The number of ketones is 1. The van der Waals surface area contributed by atoms with E-state index in [4.69, 9.17) is 9.73 Å². The summed E-state index contributed by atoms with van der Waals surface area (Å²) in [6.45, 7) is 9.92. The van der Waals surface area contributed by atoms with E-state index in [2.05, 4.69) is 19.2 Å². The number of benzene rings is 2. The van der Waals surface area contributed by atoms with Crippen molar-refractivity contribution in [2.45, 2.75) is 58.5 Å². The number of Topliss-reactive ketones (excluding diaryl/α,β-unsaturated/α-hetero) is 1. The maximum Gasteiger partial charge on any atom is 0.251 e. The van der Waals surface area contributed by atoms with E-state index in [9.17, 15) is 9.59 Å². The van der Waals surface area contributed by atoms with E-state index < -0.39 is 0 Å². The summed E-state index contributed by atoms with van der Waals surface area (Å²) in [5.41, 5.74) is 3.25. The van der Waals surface area contributed by atoms with Gasteiger partial charge in [-0.15, -0.1) is 0 Å². The average Bonchev–Trinajstić information content (AvgIpc) is 2.65. The van der Waals surface area contributed by atoms with Crippen LogP contribution in [-0.4, -0.2) is 35.6 Å². The molecule has 1 amide bonds. The lowest BCUT2D eigenvalue weighted by molar-refractivity contribution is 0.0919. The number of nitrogens with zero attached hydrogens (tertiary/aromatic N) is 1. The molecule has 3 rings (SSSR count). The summed E-state index contributed by atoms with van der Waals surface area (Å²) in [4.78, 5) is 30.5. The highest BCUT2D eigenvalue weighted by molar-refractivity contribution is 6.17. The normalized spacial score (nSPS) is 15.1. The van der Waals surface area contributed by atoms with Gasteiger partial charge in [-0.1, -0.05) is 18.2 Å². The van der Waals surface area contributed by atoms with Crippen LogP contribution in [0.4, 0.5) is 0 Å². The molecule has 1 N–H and O–H groups in total. The Hall–Kier alpha value is -2.95. The number of carbonyl (C=O) groups is 2. The number of fused-ring (bicyclic) bond motifs is 1. The Morgan fingerprint density at radius 3 is 2.47 bits per heavy atom. The molecule has 1 aliphatic heterocycles. The Morgan fingerprint density at radius 1 is 1.10 bits per heavy atom. The van der Waals surface area contributed by atoms with Gasteiger partial charge in [-0.3, -0.25) is 14.6 Å². The summed E-state index contributed by atoms with van der Waals surface area (Å²) in [5, 5.41) is 2.93. The van der Waals surface area contributed by atoms with Crippen molar-refractivity contribution < 1.29 is 14.3 Å². The van der Waals surface area contributed by atoms with E-state index >= 15 is 0 Å². The molecule has 0 atom stereocenters. The first-order valence-electron chi connectivity index (χ1n) is 10.2. The van der Waals surface area contributed by atoms with Crippen molar-refractivity contribution in [1.82, 2.24) is 5.32 Å². The zero-order valence-corrected chi connectivity index (χ0v) is 18.6. The number of aliphatic imine (C=N–C) groups is 1. The minimum atomic E-state index is -0.345. The predicted molar refractivity (Wildman–Crippen MR) is 120 cm³/mol. The van der Waals surface area contributed by atoms with Crippen molar-refractivity contribution in [3.63, 3.8) is 0 Å². The first kappa shape index (κ1) is 21.8. The number of rotatable bonds is 5. The van der Waals surface area contributed by atoms with Gasteiger partial charge in [0.2, 0.25) is 0 Å². The van der Waals surface area contributed by atoms with Crippen molar-refractivity contribution >= 4 is 17.4 Å². The van der Waals surface area contributed by atoms with E-state index in [1.165, 1.54) is 0 Å². The highest BCUT2D eigenvalue weighted by Gasteiger charge is 2.28. The first-order valence-corrected chi connectivity index (χ1v) is 10.2. The monoisotopic (exact) mass is 406 g/mol. The minimum Gasteiger partial charge on any atom is -0.497 e. The molecule has 5 heteroatoms. The molecule has 5 nitrogen and oxygen atoms in total. The molecule has 1 heterocycles. The molecule has 0 saturated carbocycles. The highest BCUT2D eigenvalue weighted by Crippen LogP contribution is 2.31. The standard InChI is InChI=1S/C25H30N2O3/c1-24(2,3)27-23(29)17-9-7-8-16(12-17)22(28)14-21-20-13-19(30-6)11-10-18(20)15-25(4,5)26-21/h7-13H,14-15H2,1-6H3,(H,27,29). The van der Waals surface area contributed by atoms with E-state index in [-0.39, 0.29) is 29.2 Å². The quantitative estimate of drug-likeness (QED) is 0.737. The zero-order valence-electron chi connectivity index (χ0n) is 18.6. The first-order chi connectivity index (χ1) is 14.0. The summed E-state index contributed by atoms with van der Waals surface area (Å²) < 4.78 is 5.37. The van der Waals surface area contributed by atoms with Crippen LogP contribution in [0.2, 0.25) is 0 Å². The molecule has 0 spiro atoms. The SMILES string of the molecule is COc1ccc2c(c1)C(CC(=O)c1cccc(C(=O)NC(C)(C)C)c1)=NC(C)(C)C2. The lowest BCUT2D eigenvalue weighted by Crippen LogP contribution is -2.40. The van der Waals surface area contributed by atoms with Gasteiger partial charge in [0.25, 0.3) is 5.91 Å². The van der Waals surface area contributed by atoms with Gasteiger partial charge < -0.3 is 10.1 Å². The molecule has 0 aliphatic carbocycles. The molecule has 2 aromatic carbocycles. The third kappa shape index (κ3) is 5.15. The van der Waals surface area contributed by atoms with Crippen molar-refractivity contribution in [3.05, 3.63) is 64.7 Å². The average molecular weight is 407 g/mol. The smallest absolute Gasteiger partial charge is 0.251 e. The summed E-state index contributed by atoms with van der Waals surface area (Å²) in [7, 11) is 1.63. The number of hydrogen-bond acceptors (Lipinski definition) is 4. The number of nitrogens with one attached hydrogen (secondary N) is 1.